The second-order valence-corrected chi connectivity index (χ2v) is 5.56. The third kappa shape index (κ3) is 1.88. The number of hydrogen-bond donors (Lipinski definition) is 0. The first-order valence-corrected chi connectivity index (χ1v) is 7.30. The van der Waals surface area contributed by atoms with Crippen LogP contribution in [0.4, 0.5) is 0 Å². The fourth-order valence-corrected chi connectivity index (χ4v) is 3.04. The molecule has 0 N–H and O–H groups in total. The van der Waals surface area contributed by atoms with Gasteiger partial charge < -0.3 is 4.57 Å². The minimum atomic E-state index is 0.733. The summed E-state index contributed by atoms with van der Waals surface area (Å²) in [7, 11) is 2.10. The van der Waals surface area contributed by atoms with Crippen molar-refractivity contribution in [1.29, 1.82) is 0 Å². The van der Waals surface area contributed by atoms with Gasteiger partial charge in [-0.25, -0.2) is 15.0 Å². The number of aryl methyl sites for hydroxylation is 3. The number of rotatable bonds is 1. The van der Waals surface area contributed by atoms with Gasteiger partial charge in [0.2, 0.25) is 0 Å². The molecule has 2 heterocycles. The van der Waals surface area contributed by atoms with Crippen molar-refractivity contribution in [2.24, 2.45) is 7.05 Å². The van der Waals surface area contributed by atoms with Crippen LogP contribution in [0.25, 0.3) is 33.2 Å². The molecule has 0 radical (unpaired) electrons. The van der Waals surface area contributed by atoms with E-state index >= 15 is 0 Å². The van der Waals surface area contributed by atoms with Crippen LogP contribution in [0, 0.1) is 13.8 Å². The van der Waals surface area contributed by atoms with E-state index in [0.717, 1.165) is 23.0 Å². The molecule has 0 saturated carbocycles. The molecule has 4 aromatic rings. The third-order valence-corrected chi connectivity index (χ3v) is 4.03. The van der Waals surface area contributed by atoms with E-state index in [4.69, 9.17) is 0 Å². The van der Waals surface area contributed by atoms with Gasteiger partial charge in [0.15, 0.2) is 5.82 Å². The molecule has 4 nitrogen and oxygen atoms in total. The Hall–Kier alpha value is -2.75. The Kier molecular flexibility index (Phi) is 2.73. The molecule has 0 amide bonds. The van der Waals surface area contributed by atoms with Gasteiger partial charge in [-0.2, -0.15) is 0 Å². The summed E-state index contributed by atoms with van der Waals surface area (Å²) in [4.78, 5) is 13.2. The van der Waals surface area contributed by atoms with E-state index in [0.29, 0.717) is 0 Å². The number of nitrogens with zero attached hydrogens (tertiary/aromatic N) is 4. The summed E-state index contributed by atoms with van der Waals surface area (Å²) in [6, 6.07) is 14.9. The maximum Gasteiger partial charge on any atom is 0.163 e. The second-order valence-electron chi connectivity index (χ2n) is 5.56. The maximum atomic E-state index is 4.46. The van der Waals surface area contributed by atoms with Crippen molar-refractivity contribution in [3.63, 3.8) is 0 Å². The molecule has 0 aliphatic rings. The number of para-hydroxylation sites is 1. The van der Waals surface area contributed by atoms with Gasteiger partial charge in [0, 0.05) is 34.4 Å². The Morgan fingerprint density at radius 1 is 0.773 bits per heavy atom. The molecule has 0 spiro atoms. The van der Waals surface area contributed by atoms with Gasteiger partial charge in [-0.15, -0.1) is 0 Å². The van der Waals surface area contributed by atoms with Crippen molar-refractivity contribution in [2.75, 3.05) is 0 Å². The van der Waals surface area contributed by atoms with Crippen molar-refractivity contribution in [2.45, 2.75) is 13.8 Å². The van der Waals surface area contributed by atoms with Crippen LogP contribution in [0.3, 0.4) is 0 Å². The molecule has 0 fully saturated rings. The van der Waals surface area contributed by atoms with Crippen LogP contribution in [-0.4, -0.2) is 19.5 Å². The lowest BCUT2D eigenvalue weighted by molar-refractivity contribution is 0.928. The monoisotopic (exact) mass is 288 g/mol. The zero-order valence-electron chi connectivity index (χ0n) is 12.8. The van der Waals surface area contributed by atoms with Crippen molar-refractivity contribution < 1.29 is 0 Å². The summed E-state index contributed by atoms with van der Waals surface area (Å²) in [5.41, 5.74) is 3.44. The normalized spacial score (nSPS) is 11.4. The van der Waals surface area contributed by atoms with Crippen LogP contribution in [0.1, 0.15) is 11.6 Å². The van der Waals surface area contributed by atoms with Gasteiger partial charge in [0.1, 0.15) is 11.6 Å². The molecule has 22 heavy (non-hydrogen) atoms. The molecule has 0 saturated heterocycles. The predicted octanol–water partition coefficient (Wildman–Crippen LogP) is 3.80. The molecule has 0 aliphatic carbocycles. The van der Waals surface area contributed by atoms with E-state index in [1.807, 2.05) is 13.8 Å². The fourth-order valence-electron chi connectivity index (χ4n) is 3.04. The van der Waals surface area contributed by atoms with Crippen LogP contribution in [0.15, 0.2) is 42.5 Å². The number of fused-ring (bicyclic) bond motifs is 3. The first kappa shape index (κ1) is 13.0. The quantitative estimate of drug-likeness (QED) is 0.535. The summed E-state index contributed by atoms with van der Waals surface area (Å²) >= 11 is 0. The van der Waals surface area contributed by atoms with E-state index in [9.17, 15) is 0 Å². The van der Waals surface area contributed by atoms with Crippen LogP contribution in [-0.2, 0) is 7.05 Å². The molecule has 0 bridgehead atoms. The standard InChI is InChI=1S/C18H16N4/c1-11-19-12(2)21-18(20-11)13-8-9-15-14-6-4-5-7-16(14)22(3)17(15)10-13/h4-10H,1-3H3. The average Bonchev–Trinajstić information content (AvgIpc) is 2.80. The van der Waals surface area contributed by atoms with Gasteiger partial charge in [-0.1, -0.05) is 30.3 Å². The molecule has 2 aromatic carbocycles. The fraction of sp³-hybridized carbons (Fsp3) is 0.167. The molecule has 4 rings (SSSR count). The van der Waals surface area contributed by atoms with Gasteiger partial charge in [0.05, 0.1) is 0 Å². The third-order valence-electron chi connectivity index (χ3n) is 4.03. The highest BCUT2D eigenvalue weighted by Gasteiger charge is 2.10. The Labute approximate surface area is 128 Å². The topological polar surface area (TPSA) is 43.6 Å². The Morgan fingerprint density at radius 2 is 1.45 bits per heavy atom. The highest BCUT2D eigenvalue weighted by molar-refractivity contribution is 6.08. The highest BCUT2D eigenvalue weighted by atomic mass is 15.0. The van der Waals surface area contributed by atoms with Gasteiger partial charge in [0.25, 0.3) is 0 Å². The minimum absolute atomic E-state index is 0.733. The van der Waals surface area contributed by atoms with Gasteiger partial charge >= 0.3 is 0 Å². The molecule has 108 valence electrons. The van der Waals surface area contributed by atoms with E-state index in [2.05, 4.69) is 69.0 Å². The van der Waals surface area contributed by atoms with Crippen molar-refractivity contribution in [3.8, 4) is 11.4 Å². The lowest BCUT2D eigenvalue weighted by Crippen LogP contribution is -1.98. The lowest BCUT2D eigenvalue weighted by atomic mass is 10.1. The number of benzene rings is 2. The van der Waals surface area contributed by atoms with Crippen LogP contribution in [0.5, 0.6) is 0 Å². The van der Waals surface area contributed by atoms with Crippen molar-refractivity contribution in [1.82, 2.24) is 19.5 Å². The lowest BCUT2D eigenvalue weighted by Gasteiger charge is -2.04. The Bertz CT molecular complexity index is 994. The van der Waals surface area contributed by atoms with E-state index in [-0.39, 0.29) is 0 Å². The number of aromatic nitrogens is 4. The summed E-state index contributed by atoms with van der Waals surface area (Å²) in [6.07, 6.45) is 0. The van der Waals surface area contributed by atoms with E-state index < -0.39 is 0 Å². The summed E-state index contributed by atoms with van der Waals surface area (Å²) < 4.78 is 2.22. The van der Waals surface area contributed by atoms with Gasteiger partial charge in [-0.3, -0.25) is 0 Å². The van der Waals surface area contributed by atoms with Crippen LogP contribution >= 0.6 is 0 Å². The summed E-state index contributed by atoms with van der Waals surface area (Å²) in [6.45, 7) is 3.79. The average molecular weight is 288 g/mol. The molecular formula is C18H16N4. The summed E-state index contributed by atoms with van der Waals surface area (Å²) in [5, 5.41) is 2.53. The predicted molar refractivity (Wildman–Crippen MR) is 88.7 cm³/mol. The van der Waals surface area contributed by atoms with Crippen LogP contribution < -0.4 is 0 Å². The second kappa shape index (κ2) is 4.63. The van der Waals surface area contributed by atoms with Gasteiger partial charge in [-0.05, 0) is 26.0 Å². The highest BCUT2D eigenvalue weighted by Crippen LogP contribution is 2.30. The smallest absolute Gasteiger partial charge is 0.163 e. The Balaban J connectivity index is 2.01. The molecular weight excluding hydrogens is 272 g/mol. The molecule has 2 aromatic heterocycles. The number of hydrogen-bond acceptors (Lipinski definition) is 3. The molecule has 0 atom stereocenters. The first-order valence-electron chi connectivity index (χ1n) is 7.30. The SMILES string of the molecule is Cc1nc(C)nc(-c2ccc3c4ccccc4n(C)c3c2)n1. The van der Waals surface area contributed by atoms with Crippen molar-refractivity contribution >= 4 is 21.8 Å². The molecule has 4 heteroatoms. The molecule has 0 unspecified atom stereocenters. The summed E-state index contributed by atoms with van der Waals surface area (Å²) in [5.74, 6) is 2.23. The minimum Gasteiger partial charge on any atom is -0.344 e. The largest absolute Gasteiger partial charge is 0.344 e. The maximum absolute atomic E-state index is 4.46. The molecule has 0 aliphatic heterocycles. The zero-order valence-corrected chi connectivity index (χ0v) is 12.8. The van der Waals surface area contributed by atoms with Crippen LogP contribution in [0.2, 0.25) is 0 Å². The zero-order chi connectivity index (χ0) is 15.3. The Morgan fingerprint density at radius 3 is 2.23 bits per heavy atom. The van der Waals surface area contributed by atoms with E-state index in [1.54, 1.807) is 0 Å². The van der Waals surface area contributed by atoms with Crippen molar-refractivity contribution in [3.05, 3.63) is 54.1 Å². The van der Waals surface area contributed by atoms with E-state index in [1.165, 1.54) is 21.8 Å². The first-order chi connectivity index (χ1) is 10.6.